The van der Waals surface area contributed by atoms with Crippen molar-refractivity contribution in [3.05, 3.63) is 42.0 Å². The molecule has 0 atom stereocenters. The zero-order valence-electron chi connectivity index (χ0n) is 7.74. The highest BCUT2D eigenvalue weighted by Gasteiger charge is 2.03. The van der Waals surface area contributed by atoms with E-state index in [1.54, 1.807) is 23.0 Å². The molecule has 1 aromatic carbocycles. The maximum atomic E-state index is 12.9. The standard InChI is InChI=1S/C10H10FN3/c1-7-4-5-13-14(7)8-2-3-9(11)10(12)6-8/h2-6H,12H2,1H3. The predicted molar refractivity (Wildman–Crippen MR) is 52.7 cm³/mol. The lowest BCUT2D eigenvalue weighted by Crippen LogP contribution is -2.00. The Labute approximate surface area is 81.0 Å². The van der Waals surface area contributed by atoms with Crippen LogP contribution in [0.25, 0.3) is 5.69 Å². The minimum Gasteiger partial charge on any atom is -0.396 e. The van der Waals surface area contributed by atoms with Crippen molar-refractivity contribution in [2.24, 2.45) is 0 Å². The van der Waals surface area contributed by atoms with E-state index in [9.17, 15) is 4.39 Å². The molecular weight excluding hydrogens is 181 g/mol. The lowest BCUT2D eigenvalue weighted by Gasteiger charge is -2.05. The van der Waals surface area contributed by atoms with Crippen LogP contribution in [0.1, 0.15) is 5.69 Å². The van der Waals surface area contributed by atoms with Crippen LogP contribution < -0.4 is 5.73 Å². The lowest BCUT2D eigenvalue weighted by molar-refractivity contribution is 0.631. The van der Waals surface area contributed by atoms with Gasteiger partial charge in [-0.15, -0.1) is 0 Å². The van der Waals surface area contributed by atoms with Crippen molar-refractivity contribution < 1.29 is 4.39 Å². The molecule has 3 nitrogen and oxygen atoms in total. The van der Waals surface area contributed by atoms with Crippen molar-refractivity contribution in [3.63, 3.8) is 0 Å². The predicted octanol–water partition coefficient (Wildman–Crippen LogP) is 1.90. The molecule has 0 aliphatic rings. The second-order valence-corrected chi connectivity index (χ2v) is 3.09. The molecule has 1 aromatic heterocycles. The Hall–Kier alpha value is -1.84. The number of nitrogens with two attached hydrogens (primary N) is 1. The van der Waals surface area contributed by atoms with Gasteiger partial charge in [-0.2, -0.15) is 5.10 Å². The molecule has 1 heterocycles. The molecule has 14 heavy (non-hydrogen) atoms. The molecule has 2 rings (SSSR count). The van der Waals surface area contributed by atoms with Crippen molar-refractivity contribution in [2.75, 3.05) is 5.73 Å². The van der Waals surface area contributed by atoms with Gasteiger partial charge < -0.3 is 5.73 Å². The first-order chi connectivity index (χ1) is 6.68. The second-order valence-electron chi connectivity index (χ2n) is 3.09. The Bertz CT molecular complexity index is 462. The average Bonchev–Trinajstić information content (AvgIpc) is 2.57. The van der Waals surface area contributed by atoms with Crippen LogP contribution in [0.5, 0.6) is 0 Å². The van der Waals surface area contributed by atoms with Gasteiger partial charge in [0.15, 0.2) is 0 Å². The maximum absolute atomic E-state index is 12.9. The molecule has 0 spiro atoms. The SMILES string of the molecule is Cc1ccnn1-c1ccc(F)c(N)c1. The van der Waals surface area contributed by atoms with Gasteiger partial charge in [-0.25, -0.2) is 9.07 Å². The van der Waals surface area contributed by atoms with Gasteiger partial charge in [0, 0.05) is 11.9 Å². The smallest absolute Gasteiger partial charge is 0.146 e. The van der Waals surface area contributed by atoms with E-state index in [1.807, 2.05) is 13.0 Å². The fourth-order valence-corrected chi connectivity index (χ4v) is 1.30. The van der Waals surface area contributed by atoms with Crippen LogP contribution in [0.4, 0.5) is 10.1 Å². The number of hydrogen-bond donors (Lipinski definition) is 1. The molecule has 72 valence electrons. The van der Waals surface area contributed by atoms with Crippen LogP contribution in [-0.4, -0.2) is 9.78 Å². The zero-order chi connectivity index (χ0) is 10.1. The number of nitrogens with zero attached hydrogens (tertiary/aromatic N) is 2. The van der Waals surface area contributed by atoms with Crippen LogP contribution in [-0.2, 0) is 0 Å². The number of aromatic nitrogens is 2. The van der Waals surface area contributed by atoms with Gasteiger partial charge in [0.05, 0.1) is 11.4 Å². The van der Waals surface area contributed by atoms with E-state index >= 15 is 0 Å². The molecule has 2 N–H and O–H groups in total. The van der Waals surface area contributed by atoms with Crippen molar-refractivity contribution >= 4 is 5.69 Å². The molecule has 0 unspecified atom stereocenters. The van der Waals surface area contributed by atoms with Gasteiger partial charge in [-0.1, -0.05) is 0 Å². The summed E-state index contributed by atoms with van der Waals surface area (Å²) >= 11 is 0. The van der Waals surface area contributed by atoms with Gasteiger partial charge in [-0.3, -0.25) is 0 Å². The summed E-state index contributed by atoms with van der Waals surface area (Å²) < 4.78 is 14.6. The van der Waals surface area contributed by atoms with Crippen molar-refractivity contribution in [1.29, 1.82) is 0 Å². The third kappa shape index (κ3) is 1.35. The normalized spacial score (nSPS) is 10.4. The van der Waals surface area contributed by atoms with E-state index in [2.05, 4.69) is 5.10 Å². The highest BCUT2D eigenvalue weighted by atomic mass is 19.1. The second kappa shape index (κ2) is 3.14. The van der Waals surface area contributed by atoms with E-state index in [4.69, 9.17) is 5.73 Å². The summed E-state index contributed by atoms with van der Waals surface area (Å²) in [6.07, 6.45) is 1.69. The number of benzene rings is 1. The van der Waals surface area contributed by atoms with E-state index in [1.165, 1.54) is 6.07 Å². The van der Waals surface area contributed by atoms with Crippen LogP contribution in [0, 0.1) is 12.7 Å². The molecule has 0 aliphatic heterocycles. The number of hydrogen-bond acceptors (Lipinski definition) is 2. The minimum atomic E-state index is -0.404. The number of nitrogen functional groups attached to an aromatic ring is 1. The largest absolute Gasteiger partial charge is 0.396 e. The fraction of sp³-hybridized carbons (Fsp3) is 0.100. The summed E-state index contributed by atoms with van der Waals surface area (Å²) in [6.45, 7) is 1.92. The van der Waals surface area contributed by atoms with E-state index < -0.39 is 5.82 Å². The molecule has 0 fully saturated rings. The van der Waals surface area contributed by atoms with Gasteiger partial charge in [0.1, 0.15) is 5.82 Å². The van der Waals surface area contributed by atoms with E-state index in [0.717, 1.165) is 11.4 Å². The summed E-state index contributed by atoms with van der Waals surface area (Å²) in [5.41, 5.74) is 7.35. The Balaban J connectivity index is 2.53. The van der Waals surface area contributed by atoms with E-state index in [-0.39, 0.29) is 5.69 Å². The van der Waals surface area contributed by atoms with Crippen LogP contribution in [0.3, 0.4) is 0 Å². The molecule has 0 saturated carbocycles. The number of halogens is 1. The summed E-state index contributed by atoms with van der Waals surface area (Å²) in [7, 11) is 0. The average molecular weight is 191 g/mol. The summed E-state index contributed by atoms with van der Waals surface area (Å²) in [4.78, 5) is 0. The molecule has 4 heteroatoms. The van der Waals surface area contributed by atoms with Crippen molar-refractivity contribution in [1.82, 2.24) is 9.78 Å². The highest BCUT2D eigenvalue weighted by molar-refractivity contribution is 5.48. The molecule has 0 aliphatic carbocycles. The summed E-state index contributed by atoms with van der Waals surface area (Å²) in [6, 6.07) is 6.42. The van der Waals surface area contributed by atoms with Gasteiger partial charge in [0.2, 0.25) is 0 Å². The monoisotopic (exact) mass is 191 g/mol. The summed E-state index contributed by atoms with van der Waals surface area (Å²) in [5, 5.41) is 4.10. The quantitative estimate of drug-likeness (QED) is 0.699. The highest BCUT2D eigenvalue weighted by Crippen LogP contribution is 2.16. The van der Waals surface area contributed by atoms with Crippen LogP contribution in [0.15, 0.2) is 30.5 Å². The Morgan fingerprint density at radius 2 is 2.14 bits per heavy atom. The Kier molecular flexibility index (Phi) is 1.96. The first-order valence-corrected chi connectivity index (χ1v) is 4.24. The molecule has 2 aromatic rings. The molecule has 0 saturated heterocycles. The Morgan fingerprint density at radius 1 is 1.36 bits per heavy atom. The van der Waals surface area contributed by atoms with Gasteiger partial charge >= 0.3 is 0 Å². The van der Waals surface area contributed by atoms with Gasteiger partial charge in [-0.05, 0) is 31.2 Å². The maximum Gasteiger partial charge on any atom is 0.146 e. The first kappa shape index (κ1) is 8.74. The molecular formula is C10H10FN3. The van der Waals surface area contributed by atoms with Crippen LogP contribution >= 0.6 is 0 Å². The minimum absolute atomic E-state index is 0.136. The van der Waals surface area contributed by atoms with Gasteiger partial charge in [0.25, 0.3) is 0 Å². The third-order valence-corrected chi connectivity index (χ3v) is 2.06. The Morgan fingerprint density at radius 3 is 2.71 bits per heavy atom. The number of aryl methyl sites for hydroxylation is 1. The van der Waals surface area contributed by atoms with Crippen LogP contribution in [0.2, 0.25) is 0 Å². The number of rotatable bonds is 1. The van der Waals surface area contributed by atoms with Crippen molar-refractivity contribution in [2.45, 2.75) is 6.92 Å². The molecule has 0 bridgehead atoms. The molecule has 0 radical (unpaired) electrons. The number of anilines is 1. The lowest BCUT2D eigenvalue weighted by atomic mass is 10.2. The fourth-order valence-electron chi connectivity index (χ4n) is 1.30. The first-order valence-electron chi connectivity index (χ1n) is 4.24. The topological polar surface area (TPSA) is 43.8 Å². The van der Waals surface area contributed by atoms with Crippen molar-refractivity contribution in [3.8, 4) is 5.69 Å². The zero-order valence-corrected chi connectivity index (χ0v) is 7.74. The third-order valence-electron chi connectivity index (χ3n) is 2.06. The van der Waals surface area contributed by atoms with E-state index in [0.29, 0.717) is 0 Å². The molecule has 0 amide bonds. The summed E-state index contributed by atoms with van der Waals surface area (Å²) in [5.74, 6) is -0.404.